The van der Waals surface area contributed by atoms with Crippen molar-refractivity contribution >= 4 is 40.1 Å². The molecule has 2 amide bonds. The van der Waals surface area contributed by atoms with E-state index in [4.69, 9.17) is 14.5 Å². The number of hydrogen-bond acceptors (Lipinski definition) is 7. The number of hydrogen-bond donors (Lipinski definition) is 2. The molecule has 2 aliphatic rings. The number of nitrogens with zero attached hydrogens (tertiary/aromatic N) is 2. The van der Waals surface area contributed by atoms with Crippen molar-refractivity contribution in [1.29, 1.82) is 0 Å². The Morgan fingerprint density at radius 2 is 1.80 bits per heavy atom. The average molecular weight is 557 g/mol. The molecular weight excluding hydrogens is 524 g/mol. The summed E-state index contributed by atoms with van der Waals surface area (Å²) in [7, 11) is 1.61. The summed E-state index contributed by atoms with van der Waals surface area (Å²) >= 11 is 1.70. The van der Waals surface area contributed by atoms with Gasteiger partial charge in [0.15, 0.2) is 5.17 Å². The van der Waals surface area contributed by atoms with Crippen LogP contribution in [0.2, 0.25) is 0 Å². The summed E-state index contributed by atoms with van der Waals surface area (Å²) < 4.78 is 10.8. The number of allylic oxidation sites excluding steroid dienone is 1. The van der Waals surface area contributed by atoms with Gasteiger partial charge in [0.1, 0.15) is 12.4 Å². The van der Waals surface area contributed by atoms with E-state index in [-0.39, 0.29) is 24.5 Å². The van der Waals surface area contributed by atoms with Gasteiger partial charge in [-0.1, -0.05) is 54.2 Å². The van der Waals surface area contributed by atoms with E-state index < -0.39 is 0 Å². The molecule has 0 saturated carbocycles. The second kappa shape index (κ2) is 12.8. The molecule has 0 spiro atoms. The van der Waals surface area contributed by atoms with Crippen LogP contribution < -0.4 is 15.4 Å². The third-order valence-electron chi connectivity index (χ3n) is 6.68. The van der Waals surface area contributed by atoms with E-state index >= 15 is 0 Å². The highest BCUT2D eigenvalue weighted by Gasteiger charge is 2.37. The van der Waals surface area contributed by atoms with Gasteiger partial charge in [-0.3, -0.25) is 9.59 Å². The number of carbonyl (C=O) groups excluding carboxylic acids is 2. The Bertz CT molecular complexity index is 1420. The number of methoxy groups -OCH3 is 1. The minimum absolute atomic E-state index is 0.0589. The minimum Gasteiger partial charge on any atom is -0.497 e. The first-order chi connectivity index (χ1) is 19.5. The molecule has 3 aromatic carbocycles. The van der Waals surface area contributed by atoms with Gasteiger partial charge in [0.05, 0.1) is 31.0 Å². The van der Waals surface area contributed by atoms with E-state index in [1.54, 1.807) is 18.9 Å². The topological polar surface area (TPSA) is 92.3 Å². The van der Waals surface area contributed by atoms with Gasteiger partial charge in [-0.15, -0.1) is 0 Å². The predicted molar refractivity (Wildman–Crippen MR) is 159 cm³/mol. The second-order valence-corrected chi connectivity index (χ2v) is 10.6. The number of fused-ring (bicyclic) bond motifs is 1. The van der Waals surface area contributed by atoms with Crippen molar-refractivity contribution in [3.63, 3.8) is 0 Å². The van der Waals surface area contributed by atoms with Crippen LogP contribution in [0.1, 0.15) is 30.5 Å². The summed E-state index contributed by atoms with van der Waals surface area (Å²) in [6.07, 6.45) is 0.988. The lowest BCUT2D eigenvalue weighted by Crippen LogP contribution is -2.43. The summed E-state index contributed by atoms with van der Waals surface area (Å²) in [5, 5.41) is 6.89. The molecule has 3 aromatic rings. The van der Waals surface area contributed by atoms with Crippen LogP contribution in [0, 0.1) is 0 Å². The van der Waals surface area contributed by atoms with Crippen LogP contribution in [-0.2, 0) is 20.9 Å². The van der Waals surface area contributed by atoms with Crippen LogP contribution in [0.5, 0.6) is 5.75 Å². The Morgan fingerprint density at radius 3 is 2.58 bits per heavy atom. The third-order valence-corrected chi connectivity index (χ3v) is 7.76. The normalized spacial score (nSPS) is 16.6. The molecule has 0 radical (unpaired) electrons. The predicted octanol–water partition coefficient (Wildman–Crippen LogP) is 5.61. The average Bonchev–Trinajstić information content (AvgIpc) is 2.97. The zero-order chi connectivity index (χ0) is 27.9. The monoisotopic (exact) mass is 556 g/mol. The number of carbonyl (C=O) groups is 2. The van der Waals surface area contributed by atoms with Crippen LogP contribution in [0.25, 0.3) is 0 Å². The first-order valence-electron chi connectivity index (χ1n) is 13.2. The van der Waals surface area contributed by atoms with Gasteiger partial charge >= 0.3 is 0 Å². The number of rotatable bonds is 9. The number of amidine groups is 1. The summed E-state index contributed by atoms with van der Waals surface area (Å²) in [4.78, 5) is 33.3. The Labute approximate surface area is 238 Å². The van der Waals surface area contributed by atoms with E-state index in [1.165, 1.54) is 0 Å². The standard InChI is InChI=1S/C31H32N4O4S/c1-21-28(30(37)34-24-12-14-26(38-2)15-13-24)29(35-16-7-17-40-31(35)32-21)23-10-6-11-25(18-23)33-27(36)20-39-19-22-8-4-3-5-9-22/h3-6,8-15,18,29H,7,16-17,19-20H2,1-2H3,(H,33,36)(H,34,37). The number of thioether (sulfide) groups is 1. The molecule has 1 unspecified atom stereocenters. The van der Waals surface area contributed by atoms with Crippen molar-refractivity contribution in [2.24, 2.45) is 4.99 Å². The lowest BCUT2D eigenvalue weighted by atomic mass is 9.93. The molecule has 40 heavy (non-hydrogen) atoms. The van der Waals surface area contributed by atoms with Crippen molar-refractivity contribution in [3.8, 4) is 5.75 Å². The molecule has 5 rings (SSSR count). The molecule has 2 aliphatic heterocycles. The highest BCUT2D eigenvalue weighted by molar-refractivity contribution is 8.13. The molecule has 9 heteroatoms. The minimum atomic E-state index is -0.343. The highest BCUT2D eigenvalue weighted by atomic mass is 32.2. The molecule has 2 heterocycles. The zero-order valence-electron chi connectivity index (χ0n) is 22.6. The van der Waals surface area contributed by atoms with E-state index in [1.807, 2.05) is 85.8 Å². The number of benzene rings is 3. The summed E-state index contributed by atoms with van der Waals surface area (Å²) in [5.74, 6) is 1.25. The van der Waals surface area contributed by atoms with E-state index in [2.05, 4.69) is 15.5 Å². The Balaban J connectivity index is 1.35. The Kier molecular flexibility index (Phi) is 8.83. The van der Waals surface area contributed by atoms with Crippen molar-refractivity contribution < 1.29 is 19.1 Å². The van der Waals surface area contributed by atoms with Crippen LogP contribution in [0.3, 0.4) is 0 Å². The zero-order valence-corrected chi connectivity index (χ0v) is 23.4. The van der Waals surface area contributed by atoms with E-state index in [0.717, 1.165) is 35.0 Å². The molecule has 1 atom stereocenters. The number of nitrogens with one attached hydrogen (secondary N) is 2. The number of anilines is 2. The fraction of sp³-hybridized carbons (Fsp3) is 0.258. The fourth-order valence-electron chi connectivity index (χ4n) is 4.80. The second-order valence-electron chi connectivity index (χ2n) is 9.53. The smallest absolute Gasteiger partial charge is 0.255 e. The van der Waals surface area contributed by atoms with Crippen molar-refractivity contribution in [3.05, 3.63) is 101 Å². The molecule has 1 saturated heterocycles. The number of amides is 2. The molecule has 0 aromatic heterocycles. The SMILES string of the molecule is COc1ccc(NC(=O)C2=C(C)N=C3SCCCN3C2c2cccc(NC(=O)COCc3ccccc3)c2)cc1. The van der Waals surface area contributed by atoms with Crippen molar-refractivity contribution in [2.45, 2.75) is 26.0 Å². The maximum absolute atomic E-state index is 13.7. The van der Waals surface area contributed by atoms with Gasteiger partial charge in [0, 0.05) is 23.7 Å². The maximum atomic E-state index is 13.7. The molecule has 0 bridgehead atoms. The van der Waals surface area contributed by atoms with E-state index in [0.29, 0.717) is 35.0 Å². The van der Waals surface area contributed by atoms with Gasteiger partial charge < -0.3 is 25.0 Å². The summed E-state index contributed by atoms with van der Waals surface area (Å²) in [6.45, 7) is 2.97. The van der Waals surface area contributed by atoms with Crippen molar-refractivity contribution in [2.75, 3.05) is 36.6 Å². The van der Waals surface area contributed by atoms with Crippen LogP contribution in [-0.4, -0.2) is 47.9 Å². The molecule has 0 aliphatic carbocycles. The molecule has 8 nitrogen and oxygen atoms in total. The van der Waals surface area contributed by atoms with Crippen LogP contribution in [0.4, 0.5) is 11.4 Å². The first kappa shape index (κ1) is 27.5. The fourth-order valence-corrected chi connectivity index (χ4v) is 5.82. The Hall–Kier alpha value is -4.08. The van der Waals surface area contributed by atoms with Gasteiger partial charge in [0.2, 0.25) is 5.91 Å². The summed E-state index contributed by atoms with van der Waals surface area (Å²) in [6, 6.07) is 24.3. The van der Waals surface area contributed by atoms with Crippen molar-refractivity contribution in [1.82, 2.24) is 4.90 Å². The lowest BCUT2D eigenvalue weighted by molar-refractivity contribution is -0.121. The van der Waals surface area contributed by atoms with Gasteiger partial charge in [0.25, 0.3) is 5.91 Å². The van der Waals surface area contributed by atoms with Crippen LogP contribution in [0.15, 0.2) is 95.1 Å². The molecule has 206 valence electrons. The lowest BCUT2D eigenvalue weighted by Gasteiger charge is -2.41. The molecular formula is C31H32N4O4S. The first-order valence-corrected chi connectivity index (χ1v) is 14.2. The van der Waals surface area contributed by atoms with Gasteiger partial charge in [-0.2, -0.15) is 0 Å². The number of aliphatic imine (C=N–C) groups is 1. The summed E-state index contributed by atoms with van der Waals surface area (Å²) in [5.41, 5.74) is 4.49. The molecule has 2 N–H and O–H groups in total. The quantitative estimate of drug-likeness (QED) is 0.356. The maximum Gasteiger partial charge on any atom is 0.255 e. The number of ether oxygens (including phenoxy) is 2. The molecule has 1 fully saturated rings. The highest BCUT2D eigenvalue weighted by Crippen LogP contribution is 2.40. The van der Waals surface area contributed by atoms with E-state index in [9.17, 15) is 9.59 Å². The van der Waals surface area contributed by atoms with Gasteiger partial charge in [-0.05, 0) is 60.9 Å². The van der Waals surface area contributed by atoms with Crippen LogP contribution >= 0.6 is 11.8 Å². The largest absolute Gasteiger partial charge is 0.497 e. The third kappa shape index (κ3) is 6.55. The van der Waals surface area contributed by atoms with Gasteiger partial charge in [-0.25, -0.2) is 4.99 Å². The Morgan fingerprint density at radius 1 is 1.00 bits per heavy atom.